The van der Waals surface area contributed by atoms with Gasteiger partial charge in [-0.1, -0.05) is 39.7 Å². The fourth-order valence-electron chi connectivity index (χ4n) is 1.92. The van der Waals surface area contributed by atoms with Gasteiger partial charge in [0.1, 0.15) is 0 Å². The van der Waals surface area contributed by atoms with Crippen molar-refractivity contribution >= 4 is 37.8 Å². The van der Waals surface area contributed by atoms with Gasteiger partial charge >= 0.3 is 0 Å². The van der Waals surface area contributed by atoms with Gasteiger partial charge in [0.2, 0.25) is 0 Å². The Bertz CT molecular complexity index is 623. The van der Waals surface area contributed by atoms with E-state index in [1.807, 2.05) is 56.3 Å². The molecule has 0 spiro atoms. The molecule has 0 aliphatic heterocycles. The van der Waals surface area contributed by atoms with Gasteiger partial charge in [0, 0.05) is 8.95 Å². The molecule has 0 bridgehead atoms. The standard InChI is InChI=1S/C16H15Br2NO/c1-10-3-8-15(18)14(9-10)16(20)19-11(2)12-4-6-13(17)7-5-12/h3-9,11H,1-2H3,(H,19,20)/t11-/m0/s1. The molecule has 2 rings (SSSR count). The van der Waals surface area contributed by atoms with E-state index in [4.69, 9.17) is 0 Å². The Balaban J connectivity index is 2.15. The molecule has 0 fully saturated rings. The number of carbonyl (C=O) groups is 1. The van der Waals surface area contributed by atoms with Crippen LogP contribution in [0.5, 0.6) is 0 Å². The van der Waals surface area contributed by atoms with Crippen molar-refractivity contribution in [1.82, 2.24) is 5.32 Å². The molecule has 4 heteroatoms. The maximum atomic E-state index is 12.3. The smallest absolute Gasteiger partial charge is 0.252 e. The van der Waals surface area contributed by atoms with E-state index < -0.39 is 0 Å². The summed E-state index contributed by atoms with van der Waals surface area (Å²) in [6.45, 7) is 3.95. The van der Waals surface area contributed by atoms with Crippen LogP contribution in [0, 0.1) is 6.92 Å². The third kappa shape index (κ3) is 3.70. The fraction of sp³-hybridized carbons (Fsp3) is 0.188. The van der Waals surface area contributed by atoms with Crippen LogP contribution in [0.15, 0.2) is 51.4 Å². The third-order valence-corrected chi connectivity index (χ3v) is 4.30. The van der Waals surface area contributed by atoms with Crippen molar-refractivity contribution in [1.29, 1.82) is 0 Å². The van der Waals surface area contributed by atoms with Crippen LogP contribution in [-0.2, 0) is 0 Å². The summed E-state index contributed by atoms with van der Waals surface area (Å²) in [4.78, 5) is 12.3. The molecule has 2 nitrogen and oxygen atoms in total. The molecule has 0 radical (unpaired) electrons. The Morgan fingerprint density at radius 1 is 1.10 bits per heavy atom. The molecule has 2 aromatic carbocycles. The molecule has 0 saturated heterocycles. The number of halogens is 2. The molecule has 1 atom stereocenters. The molecule has 0 saturated carbocycles. The number of hydrogen-bond donors (Lipinski definition) is 1. The highest BCUT2D eigenvalue weighted by molar-refractivity contribution is 9.10. The van der Waals surface area contributed by atoms with Gasteiger partial charge in [0.15, 0.2) is 0 Å². The third-order valence-electron chi connectivity index (χ3n) is 3.08. The number of benzene rings is 2. The molecular formula is C16H15Br2NO. The molecule has 0 heterocycles. The molecular weight excluding hydrogens is 382 g/mol. The summed E-state index contributed by atoms with van der Waals surface area (Å²) in [7, 11) is 0. The zero-order valence-electron chi connectivity index (χ0n) is 11.3. The summed E-state index contributed by atoms with van der Waals surface area (Å²) in [5, 5.41) is 3.02. The summed E-state index contributed by atoms with van der Waals surface area (Å²) in [5.41, 5.74) is 2.80. The van der Waals surface area contributed by atoms with Gasteiger partial charge in [-0.3, -0.25) is 4.79 Å². The summed E-state index contributed by atoms with van der Waals surface area (Å²) >= 11 is 6.83. The van der Waals surface area contributed by atoms with Crippen LogP contribution in [0.3, 0.4) is 0 Å². The van der Waals surface area contributed by atoms with Gasteiger partial charge < -0.3 is 5.32 Å². The first-order valence-corrected chi connectivity index (χ1v) is 7.88. The van der Waals surface area contributed by atoms with Crippen molar-refractivity contribution in [2.75, 3.05) is 0 Å². The van der Waals surface area contributed by atoms with Crippen LogP contribution in [0.1, 0.15) is 34.5 Å². The van der Waals surface area contributed by atoms with Crippen LogP contribution in [0.25, 0.3) is 0 Å². The van der Waals surface area contributed by atoms with Crippen molar-refractivity contribution in [2.24, 2.45) is 0 Å². The Morgan fingerprint density at radius 3 is 2.40 bits per heavy atom. The number of amides is 1. The minimum Gasteiger partial charge on any atom is -0.345 e. The molecule has 0 aliphatic carbocycles. The van der Waals surface area contributed by atoms with Crippen molar-refractivity contribution in [3.63, 3.8) is 0 Å². The average Bonchev–Trinajstić information content (AvgIpc) is 2.42. The van der Waals surface area contributed by atoms with Gasteiger partial charge in [0.25, 0.3) is 5.91 Å². The predicted octanol–water partition coefficient (Wildman–Crippen LogP) is 5.01. The summed E-state index contributed by atoms with van der Waals surface area (Å²) in [6, 6.07) is 13.7. The van der Waals surface area contributed by atoms with Gasteiger partial charge in [0.05, 0.1) is 11.6 Å². The van der Waals surface area contributed by atoms with Crippen LogP contribution >= 0.6 is 31.9 Å². The number of carbonyl (C=O) groups excluding carboxylic acids is 1. The topological polar surface area (TPSA) is 29.1 Å². The first-order valence-electron chi connectivity index (χ1n) is 6.30. The lowest BCUT2D eigenvalue weighted by Gasteiger charge is -2.15. The summed E-state index contributed by atoms with van der Waals surface area (Å²) in [5.74, 6) is -0.0732. The largest absolute Gasteiger partial charge is 0.345 e. The van der Waals surface area contributed by atoms with E-state index in [2.05, 4.69) is 37.2 Å². The highest BCUT2D eigenvalue weighted by Crippen LogP contribution is 2.20. The predicted molar refractivity (Wildman–Crippen MR) is 88.9 cm³/mol. The van der Waals surface area contributed by atoms with E-state index in [1.165, 1.54) is 0 Å². The molecule has 1 N–H and O–H groups in total. The first kappa shape index (κ1) is 15.3. The van der Waals surface area contributed by atoms with Crippen molar-refractivity contribution in [3.05, 3.63) is 68.1 Å². The Hall–Kier alpha value is -1.13. The lowest BCUT2D eigenvalue weighted by atomic mass is 10.1. The minimum absolute atomic E-state index is 0.0389. The van der Waals surface area contributed by atoms with Crippen molar-refractivity contribution in [2.45, 2.75) is 19.9 Å². The zero-order chi connectivity index (χ0) is 14.7. The average molecular weight is 397 g/mol. The Labute approximate surface area is 135 Å². The molecule has 0 unspecified atom stereocenters. The maximum absolute atomic E-state index is 12.3. The highest BCUT2D eigenvalue weighted by Gasteiger charge is 2.14. The van der Waals surface area contributed by atoms with Crippen LogP contribution < -0.4 is 5.32 Å². The van der Waals surface area contributed by atoms with Crippen LogP contribution in [0.2, 0.25) is 0 Å². The second-order valence-electron chi connectivity index (χ2n) is 4.73. The van der Waals surface area contributed by atoms with Gasteiger partial charge in [-0.05, 0) is 59.6 Å². The van der Waals surface area contributed by atoms with E-state index in [0.717, 1.165) is 20.1 Å². The number of nitrogens with one attached hydrogen (secondary N) is 1. The highest BCUT2D eigenvalue weighted by atomic mass is 79.9. The van der Waals surface area contributed by atoms with Crippen molar-refractivity contribution < 1.29 is 4.79 Å². The van der Waals surface area contributed by atoms with E-state index in [-0.39, 0.29) is 11.9 Å². The molecule has 20 heavy (non-hydrogen) atoms. The van der Waals surface area contributed by atoms with E-state index in [1.54, 1.807) is 0 Å². The lowest BCUT2D eigenvalue weighted by Crippen LogP contribution is -2.27. The van der Waals surface area contributed by atoms with E-state index >= 15 is 0 Å². The summed E-state index contributed by atoms with van der Waals surface area (Å²) < 4.78 is 1.84. The Kier molecular flexibility index (Phi) is 5.00. The number of aryl methyl sites for hydroxylation is 1. The maximum Gasteiger partial charge on any atom is 0.252 e. The Morgan fingerprint density at radius 2 is 1.75 bits per heavy atom. The van der Waals surface area contributed by atoms with E-state index in [9.17, 15) is 4.79 Å². The molecule has 104 valence electrons. The second-order valence-corrected chi connectivity index (χ2v) is 6.50. The van der Waals surface area contributed by atoms with Gasteiger partial charge in [-0.15, -0.1) is 0 Å². The quantitative estimate of drug-likeness (QED) is 0.775. The van der Waals surface area contributed by atoms with Crippen LogP contribution in [0.4, 0.5) is 0 Å². The molecule has 2 aromatic rings. The zero-order valence-corrected chi connectivity index (χ0v) is 14.5. The first-order chi connectivity index (χ1) is 9.47. The summed E-state index contributed by atoms with van der Waals surface area (Å²) in [6.07, 6.45) is 0. The second kappa shape index (κ2) is 6.55. The fourth-order valence-corrected chi connectivity index (χ4v) is 2.61. The molecule has 0 aliphatic rings. The minimum atomic E-state index is -0.0732. The van der Waals surface area contributed by atoms with Crippen LogP contribution in [-0.4, -0.2) is 5.91 Å². The SMILES string of the molecule is Cc1ccc(Br)c(C(=O)N[C@@H](C)c2ccc(Br)cc2)c1. The monoisotopic (exact) mass is 395 g/mol. The number of hydrogen-bond acceptors (Lipinski definition) is 1. The molecule has 1 amide bonds. The van der Waals surface area contributed by atoms with E-state index in [0.29, 0.717) is 5.56 Å². The van der Waals surface area contributed by atoms with Gasteiger partial charge in [-0.2, -0.15) is 0 Å². The van der Waals surface area contributed by atoms with Crippen molar-refractivity contribution in [3.8, 4) is 0 Å². The molecule has 0 aromatic heterocycles. The van der Waals surface area contributed by atoms with Gasteiger partial charge in [-0.25, -0.2) is 0 Å². The normalized spacial score (nSPS) is 12.0. The lowest BCUT2D eigenvalue weighted by molar-refractivity contribution is 0.0939. The number of rotatable bonds is 3.